The molecule has 6 aromatic rings. The van der Waals surface area contributed by atoms with Crippen LogP contribution in [0.1, 0.15) is 22.5 Å². The summed E-state index contributed by atoms with van der Waals surface area (Å²) in [6.45, 7) is 4.22. The molecule has 0 bridgehead atoms. The first-order chi connectivity index (χ1) is 18.7. The quantitative estimate of drug-likeness (QED) is 0.127. The van der Waals surface area contributed by atoms with E-state index in [1.54, 1.807) is 45.1 Å². The predicted octanol–water partition coefficient (Wildman–Crippen LogP) is 8.98. The van der Waals surface area contributed by atoms with Crippen molar-refractivity contribution in [3.05, 3.63) is 120 Å². The molecule has 0 saturated heterocycles. The van der Waals surface area contributed by atoms with Crippen molar-refractivity contribution in [1.29, 1.82) is 0 Å². The van der Waals surface area contributed by atoms with Gasteiger partial charge in [-0.15, -0.1) is 0 Å². The Hall–Kier alpha value is -2.78. The second-order valence-electron chi connectivity index (χ2n) is 8.91. The fourth-order valence-corrected chi connectivity index (χ4v) is 9.22. The molecule has 0 amide bonds. The van der Waals surface area contributed by atoms with E-state index >= 15 is 0 Å². The number of fused-ring (bicyclic) bond motifs is 2. The van der Waals surface area contributed by atoms with Crippen molar-refractivity contribution in [2.45, 2.75) is 45.2 Å². The molecule has 4 aromatic heterocycles. The van der Waals surface area contributed by atoms with Crippen molar-refractivity contribution in [2.24, 2.45) is 0 Å². The second-order valence-corrected chi connectivity index (χ2v) is 13.0. The molecule has 0 N–H and O–H groups in total. The molecule has 0 fully saturated rings. The maximum Gasteiger partial charge on any atom is 0.134 e. The Kier molecular flexibility index (Phi) is 7.74. The zero-order valence-electron chi connectivity index (χ0n) is 21.1. The van der Waals surface area contributed by atoms with E-state index in [-0.39, 0.29) is 0 Å². The van der Waals surface area contributed by atoms with Crippen molar-refractivity contribution in [3.63, 3.8) is 0 Å². The van der Waals surface area contributed by atoms with Crippen molar-refractivity contribution in [3.8, 4) is 0 Å². The molecule has 0 aliphatic rings. The van der Waals surface area contributed by atoms with Crippen molar-refractivity contribution in [2.75, 3.05) is 0 Å². The molecule has 0 atom stereocenters. The summed E-state index contributed by atoms with van der Waals surface area (Å²) >= 11 is 3.59. The van der Waals surface area contributed by atoms with Crippen molar-refractivity contribution in [1.82, 2.24) is 19.2 Å². The standard InChI is InChI=1S/C30H26N4S4/c1-21-11-9-17-25-27(29(31-33(21)25)35-19-23-13-5-3-6-14-23)37-38-28-26-18-10-12-22(2)34(26)32-30(28)36-20-24-15-7-4-8-16-24/h3-18H,19-20H2,1-2H3. The molecule has 4 nitrogen and oxygen atoms in total. The van der Waals surface area contributed by atoms with Crippen molar-refractivity contribution >= 4 is 56.1 Å². The minimum Gasteiger partial charge on any atom is -0.236 e. The number of thioether (sulfide) groups is 2. The third-order valence-electron chi connectivity index (χ3n) is 6.19. The highest BCUT2D eigenvalue weighted by atomic mass is 33.1. The summed E-state index contributed by atoms with van der Waals surface area (Å²) < 4.78 is 4.14. The van der Waals surface area contributed by atoms with Crippen molar-refractivity contribution < 1.29 is 0 Å². The molecular weight excluding hydrogens is 545 g/mol. The molecule has 0 aliphatic heterocycles. The predicted molar refractivity (Wildman–Crippen MR) is 164 cm³/mol. The summed E-state index contributed by atoms with van der Waals surface area (Å²) in [5, 5.41) is 12.2. The molecule has 0 aliphatic carbocycles. The van der Waals surface area contributed by atoms with Gasteiger partial charge in [-0.25, -0.2) is 9.03 Å². The second kappa shape index (κ2) is 11.5. The van der Waals surface area contributed by atoms with E-state index in [1.807, 2.05) is 0 Å². The largest absolute Gasteiger partial charge is 0.236 e. The number of hydrogen-bond donors (Lipinski definition) is 0. The highest BCUT2D eigenvalue weighted by molar-refractivity contribution is 8.76. The first-order valence-corrected chi connectivity index (χ1v) is 16.4. The normalized spacial score (nSPS) is 11.5. The number of aryl methyl sites for hydroxylation is 2. The van der Waals surface area contributed by atoms with Crippen LogP contribution in [0.4, 0.5) is 0 Å². The van der Waals surface area contributed by atoms with E-state index in [1.165, 1.54) is 20.9 Å². The summed E-state index contributed by atoms with van der Waals surface area (Å²) in [6, 6.07) is 34.0. The molecule has 0 radical (unpaired) electrons. The Morgan fingerprint density at radius 2 is 0.947 bits per heavy atom. The Morgan fingerprint density at radius 1 is 0.526 bits per heavy atom. The van der Waals surface area contributed by atoms with E-state index in [9.17, 15) is 0 Å². The Balaban J connectivity index is 1.33. The molecular formula is C30H26N4S4. The Morgan fingerprint density at radius 3 is 1.37 bits per heavy atom. The van der Waals surface area contributed by atoms with Gasteiger partial charge in [0.25, 0.3) is 0 Å². The molecule has 2 aromatic carbocycles. The topological polar surface area (TPSA) is 34.6 Å². The number of aromatic nitrogens is 4. The Labute approximate surface area is 239 Å². The number of nitrogens with zero attached hydrogens (tertiary/aromatic N) is 4. The summed E-state index contributed by atoms with van der Waals surface area (Å²) in [6.07, 6.45) is 0. The highest BCUT2D eigenvalue weighted by Gasteiger charge is 2.20. The van der Waals surface area contributed by atoms with Gasteiger partial charge < -0.3 is 0 Å². The van der Waals surface area contributed by atoms with E-state index in [2.05, 4.69) is 120 Å². The van der Waals surface area contributed by atoms with Gasteiger partial charge in [-0.2, -0.15) is 10.2 Å². The van der Waals surface area contributed by atoms with Gasteiger partial charge in [0, 0.05) is 22.9 Å². The third kappa shape index (κ3) is 5.36. The molecule has 8 heteroatoms. The van der Waals surface area contributed by atoms with Gasteiger partial charge in [0.15, 0.2) is 0 Å². The first-order valence-electron chi connectivity index (χ1n) is 12.3. The minimum absolute atomic E-state index is 0.885. The molecule has 4 heterocycles. The van der Waals surface area contributed by atoms with Gasteiger partial charge in [-0.1, -0.05) is 96.3 Å². The lowest BCUT2D eigenvalue weighted by atomic mass is 10.2. The van der Waals surface area contributed by atoms with Crippen LogP contribution in [-0.2, 0) is 11.5 Å². The van der Waals surface area contributed by atoms with E-state index in [4.69, 9.17) is 10.2 Å². The van der Waals surface area contributed by atoms with E-state index < -0.39 is 0 Å². The summed E-state index contributed by atoms with van der Waals surface area (Å²) in [7, 11) is 3.57. The average Bonchev–Trinajstić information content (AvgIpc) is 3.50. The van der Waals surface area contributed by atoms with Crippen LogP contribution in [0, 0.1) is 13.8 Å². The minimum atomic E-state index is 0.885. The summed E-state index contributed by atoms with van der Waals surface area (Å²) in [5.41, 5.74) is 7.15. The third-order valence-corrected chi connectivity index (χ3v) is 11.0. The monoisotopic (exact) mass is 570 g/mol. The number of hydrogen-bond acceptors (Lipinski definition) is 6. The lowest BCUT2D eigenvalue weighted by molar-refractivity contribution is 0.861. The van der Waals surface area contributed by atoms with Crippen LogP contribution in [0.15, 0.2) is 117 Å². The van der Waals surface area contributed by atoms with Gasteiger partial charge in [0.2, 0.25) is 0 Å². The van der Waals surface area contributed by atoms with Crippen LogP contribution in [0.5, 0.6) is 0 Å². The zero-order chi connectivity index (χ0) is 25.9. The lowest BCUT2D eigenvalue weighted by Gasteiger charge is -2.05. The zero-order valence-corrected chi connectivity index (χ0v) is 24.3. The summed E-state index contributed by atoms with van der Waals surface area (Å²) in [5.74, 6) is 1.77. The van der Waals surface area contributed by atoms with Gasteiger partial charge in [-0.05, 0) is 70.8 Å². The highest BCUT2D eigenvalue weighted by Crippen LogP contribution is 2.48. The van der Waals surface area contributed by atoms with Crippen LogP contribution in [0.25, 0.3) is 11.0 Å². The lowest BCUT2D eigenvalue weighted by Crippen LogP contribution is -1.91. The molecule has 38 heavy (non-hydrogen) atoms. The van der Waals surface area contributed by atoms with Crippen LogP contribution in [0.2, 0.25) is 0 Å². The van der Waals surface area contributed by atoms with Gasteiger partial charge >= 0.3 is 0 Å². The van der Waals surface area contributed by atoms with Crippen LogP contribution in [-0.4, -0.2) is 19.2 Å². The molecule has 0 saturated carbocycles. The van der Waals surface area contributed by atoms with Gasteiger partial charge in [0.05, 0.1) is 20.8 Å². The molecule has 0 spiro atoms. The van der Waals surface area contributed by atoms with E-state index in [0.717, 1.165) is 44.0 Å². The smallest absolute Gasteiger partial charge is 0.134 e. The number of rotatable bonds is 9. The van der Waals surface area contributed by atoms with Crippen LogP contribution in [0.3, 0.4) is 0 Å². The van der Waals surface area contributed by atoms with E-state index in [0.29, 0.717) is 0 Å². The maximum atomic E-state index is 5.02. The first kappa shape index (κ1) is 25.5. The summed E-state index contributed by atoms with van der Waals surface area (Å²) in [4.78, 5) is 2.40. The van der Waals surface area contributed by atoms with Gasteiger partial charge in [0.1, 0.15) is 10.1 Å². The maximum absolute atomic E-state index is 5.02. The van der Waals surface area contributed by atoms with Gasteiger partial charge in [-0.3, -0.25) is 0 Å². The average molecular weight is 571 g/mol. The molecule has 0 unspecified atom stereocenters. The fraction of sp³-hybridized carbons (Fsp3) is 0.133. The Bertz CT molecular complexity index is 1570. The molecule has 6 rings (SSSR count). The van der Waals surface area contributed by atoms with Crippen LogP contribution < -0.4 is 0 Å². The fourth-order valence-electron chi connectivity index (χ4n) is 4.20. The number of benzene rings is 2. The molecule has 190 valence electrons. The number of pyridine rings is 2. The van der Waals surface area contributed by atoms with Crippen LogP contribution >= 0.6 is 45.1 Å². The SMILES string of the molecule is Cc1cccc2c(SSc3c(SCc4ccccc4)nn4c(C)cccc34)c(SCc3ccccc3)nn12.